The van der Waals surface area contributed by atoms with Gasteiger partial charge in [0.15, 0.2) is 6.10 Å². The number of ether oxygens (including phenoxy) is 1. The van der Waals surface area contributed by atoms with Crippen LogP contribution in [0.4, 0.5) is 11.4 Å². The molecule has 110 valence electrons. The highest BCUT2D eigenvalue weighted by Gasteiger charge is 2.29. The summed E-state index contributed by atoms with van der Waals surface area (Å²) in [6.45, 7) is 3.07. The molecule has 2 unspecified atom stereocenters. The Morgan fingerprint density at radius 1 is 1.50 bits per heavy atom. The molecule has 0 aliphatic heterocycles. The third-order valence-electron chi connectivity index (χ3n) is 2.74. The summed E-state index contributed by atoms with van der Waals surface area (Å²) in [7, 11) is 0. The molecular weight excluding hydrogens is 268 g/mol. The number of nitrogen functional groups attached to an aromatic ring is 1. The predicted octanol–water partition coefficient (Wildman–Crippen LogP) is 0.443. The SMILES string of the molecule is CCOC(=O)C(O)C(O)c1cc(C)c([N+](=O)[O-])cc1N. The van der Waals surface area contributed by atoms with E-state index >= 15 is 0 Å². The maximum atomic E-state index is 11.3. The lowest BCUT2D eigenvalue weighted by Crippen LogP contribution is -2.30. The fourth-order valence-corrected chi connectivity index (χ4v) is 1.71. The average Bonchev–Trinajstić information content (AvgIpc) is 2.39. The summed E-state index contributed by atoms with van der Waals surface area (Å²) in [6, 6.07) is 2.34. The van der Waals surface area contributed by atoms with E-state index in [1.807, 2.05) is 0 Å². The lowest BCUT2D eigenvalue weighted by molar-refractivity contribution is -0.385. The largest absolute Gasteiger partial charge is 0.464 e. The van der Waals surface area contributed by atoms with Crippen molar-refractivity contribution < 1.29 is 24.7 Å². The van der Waals surface area contributed by atoms with Crippen LogP contribution in [0.5, 0.6) is 0 Å². The summed E-state index contributed by atoms with van der Waals surface area (Å²) < 4.78 is 4.58. The molecule has 0 saturated carbocycles. The Morgan fingerprint density at radius 2 is 2.10 bits per heavy atom. The van der Waals surface area contributed by atoms with Gasteiger partial charge in [0.25, 0.3) is 5.69 Å². The molecule has 0 bridgehead atoms. The Morgan fingerprint density at radius 3 is 2.60 bits per heavy atom. The maximum Gasteiger partial charge on any atom is 0.338 e. The first-order valence-electron chi connectivity index (χ1n) is 5.86. The molecule has 1 aromatic carbocycles. The second-order valence-electron chi connectivity index (χ2n) is 4.17. The van der Waals surface area contributed by atoms with Gasteiger partial charge >= 0.3 is 5.97 Å². The van der Waals surface area contributed by atoms with Crippen molar-refractivity contribution in [1.82, 2.24) is 0 Å². The number of aliphatic hydroxyl groups excluding tert-OH is 2. The molecule has 0 fully saturated rings. The molecule has 8 nitrogen and oxygen atoms in total. The van der Waals surface area contributed by atoms with Crippen molar-refractivity contribution in [2.45, 2.75) is 26.1 Å². The molecule has 1 aromatic rings. The van der Waals surface area contributed by atoms with Crippen LogP contribution in [0.15, 0.2) is 12.1 Å². The first-order valence-corrected chi connectivity index (χ1v) is 5.86. The molecule has 2 atom stereocenters. The first-order chi connectivity index (χ1) is 9.29. The van der Waals surface area contributed by atoms with Crippen molar-refractivity contribution in [3.8, 4) is 0 Å². The van der Waals surface area contributed by atoms with Gasteiger partial charge in [0.05, 0.1) is 11.5 Å². The number of benzene rings is 1. The number of aryl methyl sites for hydroxylation is 1. The molecule has 0 aliphatic rings. The third kappa shape index (κ3) is 3.22. The molecule has 1 rings (SSSR count). The van der Waals surface area contributed by atoms with Gasteiger partial charge < -0.3 is 20.7 Å². The zero-order chi connectivity index (χ0) is 15.4. The van der Waals surface area contributed by atoms with Gasteiger partial charge in [-0.15, -0.1) is 0 Å². The number of anilines is 1. The highest BCUT2D eigenvalue weighted by atomic mass is 16.6. The summed E-state index contributed by atoms with van der Waals surface area (Å²) in [5.41, 5.74) is 5.62. The van der Waals surface area contributed by atoms with Crippen molar-refractivity contribution in [3.05, 3.63) is 33.4 Å². The van der Waals surface area contributed by atoms with E-state index in [1.165, 1.54) is 13.0 Å². The van der Waals surface area contributed by atoms with Crippen LogP contribution in [0.3, 0.4) is 0 Å². The fourth-order valence-electron chi connectivity index (χ4n) is 1.71. The topological polar surface area (TPSA) is 136 Å². The van der Waals surface area contributed by atoms with Crippen LogP contribution in [0, 0.1) is 17.0 Å². The minimum absolute atomic E-state index is 0.0358. The van der Waals surface area contributed by atoms with E-state index in [4.69, 9.17) is 5.73 Å². The smallest absolute Gasteiger partial charge is 0.338 e. The summed E-state index contributed by atoms with van der Waals surface area (Å²) in [4.78, 5) is 21.5. The predicted molar refractivity (Wildman–Crippen MR) is 69.8 cm³/mol. The van der Waals surface area contributed by atoms with E-state index in [-0.39, 0.29) is 29.1 Å². The van der Waals surface area contributed by atoms with Crippen LogP contribution in [0.1, 0.15) is 24.2 Å². The van der Waals surface area contributed by atoms with Crippen molar-refractivity contribution in [3.63, 3.8) is 0 Å². The number of carbonyl (C=O) groups excluding carboxylic acids is 1. The zero-order valence-corrected chi connectivity index (χ0v) is 11.1. The molecule has 0 aliphatic carbocycles. The average molecular weight is 284 g/mol. The summed E-state index contributed by atoms with van der Waals surface area (Å²) in [6.07, 6.45) is -3.42. The van der Waals surface area contributed by atoms with Gasteiger partial charge in [-0.3, -0.25) is 10.1 Å². The molecule has 0 amide bonds. The first kappa shape index (κ1) is 15.9. The minimum Gasteiger partial charge on any atom is -0.464 e. The van der Waals surface area contributed by atoms with Gasteiger partial charge in [-0.1, -0.05) is 0 Å². The van der Waals surface area contributed by atoms with Crippen LogP contribution in [0.25, 0.3) is 0 Å². The molecule has 8 heteroatoms. The van der Waals surface area contributed by atoms with E-state index < -0.39 is 23.1 Å². The second-order valence-corrected chi connectivity index (χ2v) is 4.17. The molecule has 20 heavy (non-hydrogen) atoms. The van der Waals surface area contributed by atoms with Gasteiger partial charge in [-0.2, -0.15) is 0 Å². The van der Waals surface area contributed by atoms with Crippen LogP contribution in [0.2, 0.25) is 0 Å². The normalized spacial score (nSPS) is 13.6. The summed E-state index contributed by atoms with van der Waals surface area (Å²) >= 11 is 0. The molecule has 4 N–H and O–H groups in total. The number of hydrogen-bond acceptors (Lipinski definition) is 7. The monoisotopic (exact) mass is 284 g/mol. The van der Waals surface area contributed by atoms with Gasteiger partial charge in [-0.05, 0) is 19.9 Å². The van der Waals surface area contributed by atoms with Crippen LogP contribution >= 0.6 is 0 Å². The Balaban J connectivity index is 3.11. The number of aliphatic hydroxyl groups is 2. The standard InChI is InChI=1S/C12H16N2O6/c1-3-20-12(17)11(16)10(15)7-4-6(2)9(14(18)19)5-8(7)13/h4-5,10-11,15-16H,3,13H2,1-2H3. The van der Waals surface area contributed by atoms with E-state index in [1.54, 1.807) is 6.92 Å². The zero-order valence-electron chi connectivity index (χ0n) is 11.1. The number of nitro benzene ring substituents is 1. The van der Waals surface area contributed by atoms with Crippen LogP contribution in [-0.2, 0) is 9.53 Å². The van der Waals surface area contributed by atoms with Gasteiger partial charge in [-0.25, -0.2) is 4.79 Å². The number of rotatable bonds is 5. The Kier molecular flexibility index (Phi) is 5.00. The van der Waals surface area contributed by atoms with Crippen LogP contribution < -0.4 is 5.73 Å². The van der Waals surface area contributed by atoms with E-state index in [0.717, 1.165) is 6.07 Å². The Bertz CT molecular complexity index is 531. The van der Waals surface area contributed by atoms with Crippen molar-refractivity contribution in [1.29, 1.82) is 0 Å². The molecule has 0 heterocycles. The molecule has 0 saturated heterocycles. The van der Waals surface area contributed by atoms with Crippen LogP contribution in [-0.4, -0.2) is 33.8 Å². The quantitative estimate of drug-likeness (QED) is 0.309. The second kappa shape index (κ2) is 6.31. The Labute approximate surface area is 114 Å². The lowest BCUT2D eigenvalue weighted by atomic mass is 9.99. The van der Waals surface area contributed by atoms with Gasteiger partial charge in [0, 0.05) is 22.9 Å². The van der Waals surface area contributed by atoms with E-state index in [2.05, 4.69) is 4.74 Å². The third-order valence-corrected chi connectivity index (χ3v) is 2.74. The number of nitro groups is 1. The number of nitrogens with two attached hydrogens (primary N) is 1. The fraction of sp³-hybridized carbons (Fsp3) is 0.417. The molecule has 0 spiro atoms. The summed E-state index contributed by atoms with van der Waals surface area (Å²) in [5, 5.41) is 30.3. The Hall–Kier alpha value is -2.19. The molecular formula is C12H16N2O6. The highest BCUT2D eigenvalue weighted by Crippen LogP contribution is 2.30. The van der Waals surface area contributed by atoms with E-state index in [9.17, 15) is 25.1 Å². The lowest BCUT2D eigenvalue weighted by Gasteiger charge is -2.18. The highest BCUT2D eigenvalue weighted by molar-refractivity contribution is 5.76. The minimum atomic E-state index is -1.81. The van der Waals surface area contributed by atoms with Gasteiger partial charge in [0.2, 0.25) is 0 Å². The number of carbonyl (C=O) groups is 1. The maximum absolute atomic E-state index is 11.3. The van der Waals surface area contributed by atoms with Crippen molar-refractivity contribution in [2.75, 3.05) is 12.3 Å². The number of hydrogen-bond donors (Lipinski definition) is 3. The summed E-state index contributed by atoms with van der Waals surface area (Å²) in [5.74, 6) is -0.990. The number of nitrogens with zero attached hydrogens (tertiary/aromatic N) is 1. The van der Waals surface area contributed by atoms with Gasteiger partial charge in [0.1, 0.15) is 6.10 Å². The van der Waals surface area contributed by atoms with Crippen molar-refractivity contribution >= 4 is 17.3 Å². The van der Waals surface area contributed by atoms with Crippen molar-refractivity contribution in [2.24, 2.45) is 0 Å². The van der Waals surface area contributed by atoms with E-state index in [0.29, 0.717) is 0 Å². The molecule has 0 aromatic heterocycles. The molecule has 0 radical (unpaired) electrons. The number of esters is 1.